The van der Waals surface area contributed by atoms with Crippen molar-refractivity contribution in [2.75, 3.05) is 26.4 Å². The first-order chi connectivity index (χ1) is 27.2. The molecule has 0 aliphatic carbocycles. The van der Waals surface area contributed by atoms with Gasteiger partial charge in [-0.15, -0.1) is 0 Å². The molecule has 0 aliphatic rings. The number of hydrogen-bond acceptors (Lipinski definition) is 9. The fraction of sp³-hybridized carbons (Fsp3) is 0.956. The van der Waals surface area contributed by atoms with E-state index in [1.807, 2.05) is 0 Å². The van der Waals surface area contributed by atoms with Crippen LogP contribution in [-0.2, 0) is 32.7 Å². The van der Waals surface area contributed by atoms with E-state index in [2.05, 4.69) is 13.8 Å². The number of carbonyl (C=O) groups is 2. The Morgan fingerprint density at radius 2 is 0.768 bits per heavy atom. The lowest BCUT2D eigenvalue weighted by atomic mass is 10.0. The molecule has 0 fully saturated rings. The Kier molecular flexibility index (Phi) is 41.3. The highest BCUT2D eigenvalue weighted by Gasteiger charge is 2.27. The predicted molar refractivity (Wildman–Crippen MR) is 229 cm³/mol. The molecule has 0 aromatic heterocycles. The van der Waals surface area contributed by atoms with Crippen molar-refractivity contribution in [2.45, 2.75) is 251 Å². The summed E-state index contributed by atoms with van der Waals surface area (Å²) in [7, 11) is -4.61. The number of aliphatic hydroxyl groups excluding tert-OH is 2. The molecule has 3 atom stereocenters. The number of phosphoric acid groups is 1. The molecule has 1 unspecified atom stereocenters. The third kappa shape index (κ3) is 41.1. The first kappa shape index (κ1) is 55.0. The van der Waals surface area contributed by atoms with Gasteiger partial charge in [-0.3, -0.25) is 18.6 Å². The summed E-state index contributed by atoms with van der Waals surface area (Å²) in [6, 6.07) is 0. The first-order valence-electron chi connectivity index (χ1n) is 23.5. The van der Waals surface area contributed by atoms with Crippen LogP contribution in [-0.4, -0.2) is 65.7 Å². The highest BCUT2D eigenvalue weighted by atomic mass is 31.2. The Balaban J connectivity index is 4.17. The number of esters is 2. The zero-order valence-corrected chi connectivity index (χ0v) is 37.3. The number of rotatable bonds is 45. The molecule has 0 bridgehead atoms. The van der Waals surface area contributed by atoms with Gasteiger partial charge in [-0.2, -0.15) is 0 Å². The molecule has 0 rings (SSSR count). The zero-order chi connectivity index (χ0) is 41.2. The van der Waals surface area contributed by atoms with Crippen LogP contribution in [0.15, 0.2) is 0 Å². The number of ether oxygens (including phenoxy) is 2. The average Bonchev–Trinajstić information content (AvgIpc) is 3.19. The van der Waals surface area contributed by atoms with E-state index in [1.54, 1.807) is 0 Å². The summed E-state index contributed by atoms with van der Waals surface area (Å²) in [6.45, 7) is 2.43. The minimum atomic E-state index is -4.61. The molecule has 0 aromatic carbocycles. The van der Waals surface area contributed by atoms with Crippen LogP contribution in [0.3, 0.4) is 0 Å². The van der Waals surface area contributed by atoms with Gasteiger partial charge in [0, 0.05) is 12.8 Å². The molecular formula is C45H89O10P. The van der Waals surface area contributed by atoms with Gasteiger partial charge in [-0.25, -0.2) is 4.57 Å². The van der Waals surface area contributed by atoms with Crippen LogP contribution < -0.4 is 0 Å². The Hall–Kier alpha value is -1.03. The van der Waals surface area contributed by atoms with E-state index >= 15 is 0 Å². The topological polar surface area (TPSA) is 149 Å². The summed E-state index contributed by atoms with van der Waals surface area (Å²) < 4.78 is 32.8. The van der Waals surface area contributed by atoms with Gasteiger partial charge < -0.3 is 24.6 Å². The van der Waals surface area contributed by atoms with Gasteiger partial charge in [-0.05, 0) is 12.8 Å². The second-order valence-corrected chi connectivity index (χ2v) is 17.6. The van der Waals surface area contributed by atoms with Gasteiger partial charge in [0.15, 0.2) is 6.10 Å². The predicted octanol–water partition coefficient (Wildman–Crippen LogP) is 12.6. The molecule has 11 heteroatoms. The lowest BCUT2D eigenvalue weighted by Crippen LogP contribution is -2.29. The van der Waals surface area contributed by atoms with Crippen LogP contribution in [0.5, 0.6) is 0 Å². The van der Waals surface area contributed by atoms with Crippen molar-refractivity contribution in [3.05, 3.63) is 0 Å². The third-order valence-electron chi connectivity index (χ3n) is 10.5. The number of aliphatic hydroxyl groups is 2. The van der Waals surface area contributed by atoms with Gasteiger partial charge in [0.05, 0.1) is 19.8 Å². The van der Waals surface area contributed by atoms with Crippen molar-refractivity contribution >= 4 is 19.8 Å². The molecule has 10 nitrogen and oxygen atoms in total. The Bertz CT molecular complexity index is 904. The molecule has 0 amide bonds. The summed E-state index contributed by atoms with van der Waals surface area (Å²) in [4.78, 5) is 35.0. The summed E-state index contributed by atoms with van der Waals surface area (Å²) in [5.74, 6) is -0.906. The monoisotopic (exact) mass is 821 g/mol. The van der Waals surface area contributed by atoms with Crippen LogP contribution >= 0.6 is 7.82 Å². The number of carbonyl (C=O) groups excluding carboxylic acids is 2. The summed E-state index contributed by atoms with van der Waals surface area (Å²) in [5, 5.41) is 18.3. The third-order valence-corrected chi connectivity index (χ3v) is 11.5. The SMILES string of the molecule is CCCCCCCCCCCCCCCCCCCCCC(=O)OC[C@@H](COP(=O)(O)OC[C@H](O)CO)OC(=O)CCCCCCCCCCCCCCCC. The number of hydrogen-bond donors (Lipinski definition) is 3. The minimum Gasteiger partial charge on any atom is -0.462 e. The molecule has 0 radical (unpaired) electrons. The highest BCUT2D eigenvalue weighted by molar-refractivity contribution is 7.47. The van der Waals surface area contributed by atoms with Crippen LogP contribution in [0.4, 0.5) is 0 Å². The summed E-state index contributed by atoms with van der Waals surface area (Å²) in [6.07, 6.45) is 39.2. The van der Waals surface area contributed by atoms with Crippen molar-refractivity contribution in [1.29, 1.82) is 0 Å². The zero-order valence-electron chi connectivity index (χ0n) is 36.4. The lowest BCUT2D eigenvalue weighted by Gasteiger charge is -2.20. The fourth-order valence-electron chi connectivity index (χ4n) is 6.88. The smallest absolute Gasteiger partial charge is 0.462 e. The van der Waals surface area contributed by atoms with Crippen molar-refractivity contribution in [1.82, 2.24) is 0 Å². The van der Waals surface area contributed by atoms with Crippen molar-refractivity contribution in [3.8, 4) is 0 Å². The van der Waals surface area contributed by atoms with E-state index in [4.69, 9.17) is 23.6 Å². The van der Waals surface area contributed by atoms with Gasteiger partial charge in [0.25, 0.3) is 0 Å². The summed E-state index contributed by atoms with van der Waals surface area (Å²) >= 11 is 0. The van der Waals surface area contributed by atoms with E-state index in [-0.39, 0.29) is 19.4 Å². The molecule has 56 heavy (non-hydrogen) atoms. The molecule has 0 spiro atoms. The van der Waals surface area contributed by atoms with E-state index in [0.717, 1.165) is 32.1 Å². The van der Waals surface area contributed by atoms with Crippen LogP contribution in [0, 0.1) is 0 Å². The van der Waals surface area contributed by atoms with Crippen molar-refractivity contribution in [2.24, 2.45) is 0 Å². The van der Waals surface area contributed by atoms with Crippen molar-refractivity contribution in [3.63, 3.8) is 0 Å². The normalized spacial score (nSPS) is 13.7. The lowest BCUT2D eigenvalue weighted by molar-refractivity contribution is -0.161. The van der Waals surface area contributed by atoms with E-state index in [1.165, 1.54) is 167 Å². The molecule has 3 N–H and O–H groups in total. The van der Waals surface area contributed by atoms with Gasteiger partial charge in [0.2, 0.25) is 0 Å². The molecule has 0 aromatic rings. The quantitative estimate of drug-likeness (QED) is 0.0308. The van der Waals surface area contributed by atoms with Gasteiger partial charge in [0.1, 0.15) is 12.7 Å². The molecule has 0 aliphatic heterocycles. The van der Waals surface area contributed by atoms with Crippen LogP contribution in [0.1, 0.15) is 239 Å². The molecular weight excluding hydrogens is 731 g/mol. The highest BCUT2D eigenvalue weighted by Crippen LogP contribution is 2.43. The number of phosphoric ester groups is 1. The molecule has 0 saturated heterocycles. The second kappa shape index (κ2) is 42.1. The molecule has 0 saturated carbocycles. The van der Waals surface area contributed by atoms with Crippen molar-refractivity contribution < 1.29 is 47.8 Å². The maximum atomic E-state index is 12.6. The van der Waals surface area contributed by atoms with E-state index in [0.29, 0.717) is 12.8 Å². The fourth-order valence-corrected chi connectivity index (χ4v) is 7.67. The average molecular weight is 821 g/mol. The maximum Gasteiger partial charge on any atom is 0.472 e. The van der Waals surface area contributed by atoms with Gasteiger partial charge in [-0.1, -0.05) is 213 Å². The Morgan fingerprint density at radius 1 is 0.464 bits per heavy atom. The van der Waals surface area contributed by atoms with Crippen LogP contribution in [0.25, 0.3) is 0 Å². The molecule has 0 heterocycles. The standard InChI is InChI=1S/C45H89O10P/c1-3-5-7-9-11-13-15-17-19-20-21-22-23-25-26-28-30-32-34-36-44(48)52-40-43(41-54-56(50,51)53-39-42(47)38-46)55-45(49)37-35-33-31-29-27-24-18-16-14-12-10-8-6-4-2/h42-43,46-47H,3-41H2,1-2H3,(H,50,51)/t42-,43+/m1/s1. The molecule has 334 valence electrons. The largest absolute Gasteiger partial charge is 0.472 e. The number of unbranched alkanes of at least 4 members (excludes halogenated alkanes) is 31. The summed E-state index contributed by atoms with van der Waals surface area (Å²) in [5.41, 5.74) is 0. The van der Waals surface area contributed by atoms with E-state index in [9.17, 15) is 24.2 Å². The van der Waals surface area contributed by atoms with E-state index < -0.39 is 51.8 Å². The maximum absolute atomic E-state index is 12.6. The first-order valence-corrected chi connectivity index (χ1v) is 25.0. The Labute approximate surface area is 344 Å². The van der Waals surface area contributed by atoms with Crippen LogP contribution in [0.2, 0.25) is 0 Å². The Morgan fingerprint density at radius 3 is 1.11 bits per heavy atom. The minimum absolute atomic E-state index is 0.192. The van der Waals surface area contributed by atoms with Gasteiger partial charge >= 0.3 is 19.8 Å². The second-order valence-electron chi connectivity index (χ2n) is 16.2.